The zero-order valence-corrected chi connectivity index (χ0v) is 13.7. The van der Waals surface area contributed by atoms with Gasteiger partial charge in [0.1, 0.15) is 0 Å². The number of carbonyl (C=O) groups excluding carboxylic acids is 1. The summed E-state index contributed by atoms with van der Waals surface area (Å²) in [4.78, 5) is 16.3. The summed E-state index contributed by atoms with van der Waals surface area (Å²) in [6, 6.07) is 0. The SMILES string of the molecule is CCC1(CC)CCN(CCC(=O)N(C)CCCN)CC1. The van der Waals surface area contributed by atoms with E-state index in [0.29, 0.717) is 18.4 Å². The maximum Gasteiger partial charge on any atom is 0.223 e. The predicted molar refractivity (Wildman–Crippen MR) is 84.6 cm³/mol. The van der Waals surface area contributed by atoms with Crippen LogP contribution in [0, 0.1) is 5.41 Å². The van der Waals surface area contributed by atoms with Gasteiger partial charge in [0.05, 0.1) is 0 Å². The van der Waals surface area contributed by atoms with E-state index in [4.69, 9.17) is 5.73 Å². The number of carbonyl (C=O) groups is 1. The molecule has 0 aromatic rings. The molecule has 1 heterocycles. The Balaban J connectivity index is 2.25. The summed E-state index contributed by atoms with van der Waals surface area (Å²) < 4.78 is 0. The molecule has 118 valence electrons. The fraction of sp³-hybridized carbons (Fsp3) is 0.938. The van der Waals surface area contributed by atoms with Gasteiger partial charge in [-0.25, -0.2) is 0 Å². The Morgan fingerprint density at radius 1 is 1.25 bits per heavy atom. The van der Waals surface area contributed by atoms with E-state index < -0.39 is 0 Å². The first-order chi connectivity index (χ1) is 9.56. The van der Waals surface area contributed by atoms with Gasteiger partial charge < -0.3 is 15.5 Å². The van der Waals surface area contributed by atoms with Crippen molar-refractivity contribution in [2.45, 2.75) is 52.4 Å². The minimum Gasteiger partial charge on any atom is -0.346 e. The van der Waals surface area contributed by atoms with Crippen molar-refractivity contribution in [3.8, 4) is 0 Å². The molecular weight excluding hydrogens is 250 g/mol. The third kappa shape index (κ3) is 5.06. The lowest BCUT2D eigenvalue weighted by molar-refractivity contribution is -0.130. The number of piperidine rings is 1. The van der Waals surface area contributed by atoms with E-state index in [1.807, 2.05) is 11.9 Å². The second-order valence-electron chi connectivity index (χ2n) is 6.26. The van der Waals surface area contributed by atoms with Gasteiger partial charge >= 0.3 is 0 Å². The van der Waals surface area contributed by atoms with Gasteiger partial charge in [0.15, 0.2) is 0 Å². The van der Waals surface area contributed by atoms with E-state index in [1.165, 1.54) is 25.7 Å². The standard InChI is InChI=1S/C16H33N3O/c1-4-16(5-2)8-13-19(14-9-16)12-7-15(20)18(3)11-6-10-17/h4-14,17H2,1-3H3. The normalized spacial score (nSPS) is 19.0. The van der Waals surface area contributed by atoms with Gasteiger partial charge in [0.25, 0.3) is 0 Å². The van der Waals surface area contributed by atoms with Crippen molar-refractivity contribution in [1.29, 1.82) is 0 Å². The Kier molecular flexibility index (Phi) is 7.52. The molecule has 0 aliphatic carbocycles. The second-order valence-corrected chi connectivity index (χ2v) is 6.26. The largest absolute Gasteiger partial charge is 0.346 e. The van der Waals surface area contributed by atoms with Crippen molar-refractivity contribution in [2.75, 3.05) is 39.8 Å². The van der Waals surface area contributed by atoms with Gasteiger partial charge in [-0.1, -0.05) is 26.7 Å². The highest BCUT2D eigenvalue weighted by Crippen LogP contribution is 2.37. The van der Waals surface area contributed by atoms with Gasteiger partial charge in [-0.05, 0) is 44.3 Å². The molecule has 1 amide bonds. The lowest BCUT2D eigenvalue weighted by atomic mass is 9.74. The van der Waals surface area contributed by atoms with Gasteiger partial charge in [-0.3, -0.25) is 4.79 Å². The molecule has 0 unspecified atom stereocenters. The average Bonchev–Trinajstić information content (AvgIpc) is 2.50. The van der Waals surface area contributed by atoms with E-state index in [1.54, 1.807) is 0 Å². The molecule has 0 aromatic heterocycles. The molecule has 1 aliphatic heterocycles. The van der Waals surface area contributed by atoms with Crippen molar-refractivity contribution >= 4 is 5.91 Å². The third-order valence-electron chi connectivity index (χ3n) is 5.18. The Morgan fingerprint density at radius 2 is 1.85 bits per heavy atom. The fourth-order valence-corrected chi connectivity index (χ4v) is 3.11. The highest BCUT2D eigenvalue weighted by atomic mass is 16.2. The van der Waals surface area contributed by atoms with E-state index in [-0.39, 0.29) is 5.91 Å². The number of amides is 1. The van der Waals surface area contributed by atoms with E-state index in [2.05, 4.69) is 18.7 Å². The number of nitrogens with two attached hydrogens (primary N) is 1. The summed E-state index contributed by atoms with van der Waals surface area (Å²) in [6.45, 7) is 9.28. The molecule has 0 radical (unpaired) electrons. The zero-order valence-electron chi connectivity index (χ0n) is 13.7. The third-order valence-corrected chi connectivity index (χ3v) is 5.18. The van der Waals surface area contributed by atoms with E-state index in [9.17, 15) is 4.79 Å². The van der Waals surface area contributed by atoms with Gasteiger partial charge in [0, 0.05) is 26.6 Å². The lowest BCUT2D eigenvalue weighted by Gasteiger charge is -2.41. The van der Waals surface area contributed by atoms with Crippen LogP contribution in [0.15, 0.2) is 0 Å². The van der Waals surface area contributed by atoms with Crippen LogP contribution < -0.4 is 5.73 Å². The highest BCUT2D eigenvalue weighted by molar-refractivity contribution is 5.76. The van der Waals surface area contributed by atoms with Gasteiger partial charge in [-0.2, -0.15) is 0 Å². The first-order valence-corrected chi connectivity index (χ1v) is 8.23. The Bertz CT molecular complexity index is 279. The molecule has 1 aliphatic rings. The summed E-state index contributed by atoms with van der Waals surface area (Å²) in [5.41, 5.74) is 6.04. The Labute approximate surface area is 124 Å². The summed E-state index contributed by atoms with van der Waals surface area (Å²) >= 11 is 0. The van der Waals surface area contributed by atoms with Crippen LogP contribution in [-0.2, 0) is 4.79 Å². The van der Waals surface area contributed by atoms with E-state index >= 15 is 0 Å². The van der Waals surface area contributed by atoms with Crippen LogP contribution in [-0.4, -0.2) is 55.5 Å². The first-order valence-electron chi connectivity index (χ1n) is 8.23. The summed E-state index contributed by atoms with van der Waals surface area (Å²) in [7, 11) is 1.88. The summed E-state index contributed by atoms with van der Waals surface area (Å²) in [6.07, 6.45) is 6.69. The molecule has 1 rings (SSSR count). The first kappa shape index (κ1) is 17.4. The molecule has 1 fully saturated rings. The van der Waals surface area contributed by atoms with Gasteiger partial charge in [-0.15, -0.1) is 0 Å². The van der Waals surface area contributed by atoms with Crippen molar-refractivity contribution in [1.82, 2.24) is 9.80 Å². The highest BCUT2D eigenvalue weighted by Gasteiger charge is 2.31. The quantitative estimate of drug-likeness (QED) is 0.742. The number of hydrogen-bond acceptors (Lipinski definition) is 3. The number of hydrogen-bond donors (Lipinski definition) is 1. The Hall–Kier alpha value is -0.610. The zero-order chi connectivity index (χ0) is 15.0. The molecule has 0 atom stereocenters. The number of nitrogens with zero attached hydrogens (tertiary/aromatic N) is 2. The van der Waals surface area contributed by atoms with Crippen molar-refractivity contribution in [3.63, 3.8) is 0 Å². The molecular formula is C16H33N3O. The summed E-state index contributed by atoms with van der Waals surface area (Å²) in [5.74, 6) is 0.251. The minimum absolute atomic E-state index is 0.251. The predicted octanol–water partition coefficient (Wildman–Crippen LogP) is 2.09. The number of rotatable bonds is 8. The van der Waals surface area contributed by atoms with Crippen molar-refractivity contribution in [3.05, 3.63) is 0 Å². The molecule has 0 spiro atoms. The molecule has 0 bridgehead atoms. The molecule has 2 N–H and O–H groups in total. The van der Waals surface area contributed by atoms with Crippen LogP contribution in [0.4, 0.5) is 0 Å². The van der Waals surface area contributed by atoms with Gasteiger partial charge in [0.2, 0.25) is 5.91 Å². The lowest BCUT2D eigenvalue weighted by Crippen LogP contribution is -2.41. The molecule has 1 saturated heterocycles. The average molecular weight is 283 g/mol. The van der Waals surface area contributed by atoms with Crippen LogP contribution in [0.25, 0.3) is 0 Å². The molecule has 20 heavy (non-hydrogen) atoms. The fourth-order valence-electron chi connectivity index (χ4n) is 3.11. The minimum atomic E-state index is 0.251. The molecule has 4 nitrogen and oxygen atoms in total. The topological polar surface area (TPSA) is 49.6 Å². The maximum absolute atomic E-state index is 12.0. The monoisotopic (exact) mass is 283 g/mol. The van der Waals surface area contributed by atoms with Crippen molar-refractivity contribution in [2.24, 2.45) is 11.1 Å². The summed E-state index contributed by atoms with van der Waals surface area (Å²) in [5, 5.41) is 0. The van der Waals surface area contributed by atoms with Crippen LogP contribution in [0.1, 0.15) is 52.4 Å². The van der Waals surface area contributed by atoms with Crippen LogP contribution >= 0.6 is 0 Å². The van der Waals surface area contributed by atoms with Crippen LogP contribution in [0.3, 0.4) is 0 Å². The molecule has 4 heteroatoms. The second kappa shape index (κ2) is 8.63. The molecule has 0 aromatic carbocycles. The Morgan fingerprint density at radius 3 is 2.35 bits per heavy atom. The number of likely N-dealkylation sites (tertiary alicyclic amines) is 1. The van der Waals surface area contributed by atoms with Crippen LogP contribution in [0.2, 0.25) is 0 Å². The maximum atomic E-state index is 12.0. The van der Waals surface area contributed by atoms with E-state index in [0.717, 1.165) is 32.6 Å². The smallest absolute Gasteiger partial charge is 0.223 e. The van der Waals surface area contributed by atoms with Crippen LogP contribution in [0.5, 0.6) is 0 Å². The van der Waals surface area contributed by atoms with Crippen molar-refractivity contribution < 1.29 is 4.79 Å². The molecule has 0 saturated carbocycles.